The summed E-state index contributed by atoms with van der Waals surface area (Å²) in [7, 11) is 0. The summed E-state index contributed by atoms with van der Waals surface area (Å²) >= 11 is 6.22. The number of nitrogens with zero attached hydrogens (tertiary/aromatic N) is 6. The average molecular weight is 865 g/mol. The molecular weight excluding hydrogens is 810 g/mol. The van der Waals surface area contributed by atoms with Crippen molar-refractivity contribution in [3.8, 4) is 11.8 Å². The fraction of sp³-hybridized carbons (Fsp3) is 0.477. The number of ether oxygens (including phenoxy) is 1. The van der Waals surface area contributed by atoms with Crippen molar-refractivity contribution in [2.75, 3.05) is 55.4 Å². The fourth-order valence-corrected chi connectivity index (χ4v) is 9.53. The molecule has 0 spiro atoms. The minimum Gasteiger partial charge on any atom is -0.489 e. The van der Waals surface area contributed by atoms with E-state index in [-0.39, 0.29) is 53.7 Å². The second-order valence-corrected chi connectivity index (χ2v) is 17.3. The minimum atomic E-state index is -3.67. The molecule has 8 rings (SSSR count). The van der Waals surface area contributed by atoms with Crippen LogP contribution in [0, 0.1) is 39.7 Å². The lowest BCUT2D eigenvalue weighted by Gasteiger charge is -2.63. The Balaban J connectivity index is 0.930. The smallest absolute Gasteiger partial charge is 0.265 e. The van der Waals surface area contributed by atoms with E-state index in [4.69, 9.17) is 27.3 Å². The maximum absolute atomic E-state index is 16.1. The van der Waals surface area contributed by atoms with Gasteiger partial charge in [-0.05, 0) is 55.5 Å². The molecule has 2 N–H and O–H groups in total. The van der Waals surface area contributed by atoms with Crippen LogP contribution in [0.2, 0.25) is 5.02 Å². The number of hydrogen-bond donors (Lipinski definition) is 2. The van der Waals surface area contributed by atoms with Crippen molar-refractivity contribution in [2.24, 2.45) is 16.7 Å². The van der Waals surface area contributed by atoms with Crippen LogP contribution >= 0.6 is 11.6 Å². The molecule has 4 aliphatic heterocycles. The summed E-state index contributed by atoms with van der Waals surface area (Å²) in [6.07, 6.45) is 1.08. The lowest BCUT2D eigenvalue weighted by molar-refractivity contribution is -0.164. The number of piperazine rings is 1. The maximum Gasteiger partial charge on any atom is 0.265 e. The highest BCUT2D eigenvalue weighted by atomic mass is 35.5. The van der Waals surface area contributed by atoms with Crippen molar-refractivity contribution in [3.63, 3.8) is 0 Å². The van der Waals surface area contributed by atoms with Gasteiger partial charge in [0.1, 0.15) is 29.8 Å². The molecule has 14 nitrogen and oxygen atoms in total. The van der Waals surface area contributed by atoms with Gasteiger partial charge in [0.2, 0.25) is 11.8 Å². The van der Waals surface area contributed by atoms with Crippen molar-refractivity contribution >= 4 is 52.6 Å². The number of benzene rings is 2. The molecule has 3 saturated heterocycles. The van der Waals surface area contributed by atoms with E-state index in [1.54, 1.807) is 30.3 Å². The van der Waals surface area contributed by atoms with Crippen LogP contribution in [0.25, 0.3) is 0 Å². The lowest BCUT2D eigenvalue weighted by atomic mass is 9.49. The van der Waals surface area contributed by atoms with E-state index < -0.39 is 107 Å². The summed E-state index contributed by atoms with van der Waals surface area (Å²) in [5.41, 5.74) is -3.83. The highest BCUT2D eigenvalue weighted by Gasteiger charge is 2.64. The van der Waals surface area contributed by atoms with E-state index in [0.29, 0.717) is 51.6 Å². The molecule has 4 fully saturated rings. The molecule has 5 aliphatic rings. The first-order chi connectivity index (χ1) is 32.0. The maximum atomic E-state index is 16.1. The third-order valence-electron chi connectivity index (χ3n) is 12.2. The Kier molecular flexibility index (Phi) is 8.66. The van der Waals surface area contributed by atoms with E-state index in [1.165, 1.54) is 6.20 Å². The number of hydrogen-bond acceptors (Lipinski definition) is 11. The van der Waals surface area contributed by atoms with Gasteiger partial charge in [0.25, 0.3) is 17.7 Å². The molecule has 61 heavy (non-hydrogen) atoms. The number of fused-ring (bicyclic) bond motifs is 1. The van der Waals surface area contributed by atoms with E-state index in [1.807, 2.05) is 44.0 Å². The molecule has 1 aromatic heterocycles. The van der Waals surface area contributed by atoms with E-state index >= 15 is 8.78 Å². The first-order valence-corrected chi connectivity index (χ1v) is 20.1. The van der Waals surface area contributed by atoms with Gasteiger partial charge in [-0.3, -0.25) is 39.1 Å². The van der Waals surface area contributed by atoms with Gasteiger partial charge in [0.05, 0.1) is 38.4 Å². The van der Waals surface area contributed by atoms with Gasteiger partial charge in [-0.1, -0.05) is 39.3 Å². The first kappa shape index (κ1) is 33.0. The summed E-state index contributed by atoms with van der Waals surface area (Å²) in [5, 5.41) is 14.6. The third kappa shape index (κ3) is 7.56. The number of nitriles is 1. The lowest BCUT2D eigenvalue weighted by Crippen LogP contribution is -2.74. The van der Waals surface area contributed by atoms with Crippen molar-refractivity contribution in [1.82, 2.24) is 25.4 Å². The number of rotatable bonds is 9. The number of amides is 5. The molecule has 1 aliphatic carbocycles. The zero-order chi connectivity index (χ0) is 50.7. The fourth-order valence-electron chi connectivity index (χ4n) is 9.32. The van der Waals surface area contributed by atoms with Crippen LogP contribution in [-0.2, 0) is 9.59 Å². The summed E-state index contributed by atoms with van der Waals surface area (Å²) in [4.78, 5) is 71.5. The average Bonchev–Trinajstić information content (AvgIpc) is 3.52. The Hall–Kier alpha value is -5.66. The number of aromatic nitrogens is 1. The van der Waals surface area contributed by atoms with Gasteiger partial charge >= 0.3 is 0 Å². The van der Waals surface area contributed by atoms with Gasteiger partial charge in [-0.15, -0.1) is 0 Å². The molecule has 1 saturated carbocycles. The molecule has 0 bridgehead atoms. The van der Waals surface area contributed by atoms with Gasteiger partial charge in [-0.25, -0.2) is 13.8 Å². The molecular formula is C44H47ClF2N8O6. The summed E-state index contributed by atoms with van der Waals surface area (Å²) in [6.45, 7) is -6.20. The SMILES string of the molecule is [2H]C1([2H])N(CC2CCN(c3ccc(C(=O)NC4C(C)(C)C(Oc5ccc(C#N)c(Cl)c5)C4(C)C)cn3)CC2)C([2H])([2H])C([2H])([2H])N(c2cc3c(c(F)c2F)C(=O)N(C2CCC(=O)NC2=O)C3=O)C1([2H])[2H]. The predicted octanol–water partition coefficient (Wildman–Crippen LogP) is 4.94. The zero-order valence-corrected chi connectivity index (χ0v) is 34.3. The summed E-state index contributed by atoms with van der Waals surface area (Å²) in [5.74, 6) is -8.50. The number of nitrogens with one attached hydrogen (secondary N) is 2. The largest absolute Gasteiger partial charge is 0.489 e. The highest BCUT2D eigenvalue weighted by molar-refractivity contribution is 6.31. The first-order valence-electron chi connectivity index (χ1n) is 23.7. The molecule has 0 radical (unpaired) electrons. The van der Waals surface area contributed by atoms with Gasteiger partial charge < -0.3 is 19.9 Å². The Labute approximate surface area is 368 Å². The van der Waals surface area contributed by atoms with Crippen LogP contribution in [-0.4, -0.2) is 108 Å². The number of carbonyl (C=O) groups is 5. The van der Waals surface area contributed by atoms with Gasteiger partial charge in [-0.2, -0.15) is 5.26 Å². The number of carbonyl (C=O) groups excluding carboxylic acids is 5. The monoisotopic (exact) mass is 864 g/mol. The van der Waals surface area contributed by atoms with Crippen LogP contribution in [0.5, 0.6) is 5.75 Å². The van der Waals surface area contributed by atoms with E-state index in [2.05, 4.69) is 10.3 Å². The quantitative estimate of drug-likeness (QED) is 0.280. The zero-order valence-electron chi connectivity index (χ0n) is 41.6. The normalized spacial score (nSPS) is 29.1. The summed E-state index contributed by atoms with van der Waals surface area (Å²) < 4.78 is 110. The minimum absolute atomic E-state index is 0.227. The van der Waals surface area contributed by atoms with E-state index in [0.717, 1.165) is 0 Å². The molecule has 1 atom stereocenters. The van der Waals surface area contributed by atoms with Crippen LogP contribution < -0.4 is 25.2 Å². The molecule has 3 aromatic rings. The molecule has 1 unspecified atom stereocenters. The van der Waals surface area contributed by atoms with Gasteiger partial charge in [0.15, 0.2) is 11.6 Å². The van der Waals surface area contributed by atoms with Gasteiger partial charge in [0, 0.05) is 86.7 Å². The van der Waals surface area contributed by atoms with E-state index in [9.17, 15) is 29.2 Å². The van der Waals surface area contributed by atoms with Crippen molar-refractivity contribution in [1.29, 1.82) is 5.26 Å². The number of imide groups is 2. The second-order valence-electron chi connectivity index (χ2n) is 16.9. The van der Waals surface area contributed by atoms with Crippen molar-refractivity contribution in [3.05, 3.63) is 81.5 Å². The van der Waals surface area contributed by atoms with Crippen LogP contribution in [0.15, 0.2) is 42.6 Å². The third-order valence-corrected chi connectivity index (χ3v) is 12.6. The standard InChI is InChI=1S/C44H47ClF2N8O6/c1-43(2)41(44(3,4)42(43)61-27-7-5-25(21-48)29(45)19-27)51-37(57)26-6-9-32(49-22-26)54-13-11-24(12-14-54)23-52-15-17-53(18-16-52)31-20-28-34(36(47)35(31)46)40(60)55(39(28)59)30-8-10-33(56)50-38(30)58/h5-7,9,19-20,22,24,30,41-42H,8,10-18,23H2,1-4H3,(H,51,57)(H,50,56,58)/i15D2,16D2,17D2,18D2. The van der Waals surface area contributed by atoms with Crippen molar-refractivity contribution < 1.29 is 48.5 Å². The number of anilines is 2. The molecule has 2 aromatic carbocycles. The molecule has 5 heterocycles. The molecule has 5 amide bonds. The number of pyridine rings is 1. The predicted molar refractivity (Wildman–Crippen MR) is 220 cm³/mol. The second kappa shape index (κ2) is 16.0. The molecule has 17 heteroatoms. The summed E-state index contributed by atoms with van der Waals surface area (Å²) in [6, 6.07) is 8.71. The Morgan fingerprint density at radius 3 is 2.31 bits per heavy atom. The number of piperidine rings is 2. The Morgan fingerprint density at radius 1 is 0.984 bits per heavy atom. The topological polar surface area (TPSA) is 168 Å². The van der Waals surface area contributed by atoms with Crippen LogP contribution in [0.3, 0.4) is 0 Å². The Bertz CT molecular complexity index is 2690. The van der Waals surface area contributed by atoms with Crippen LogP contribution in [0.4, 0.5) is 20.3 Å². The number of halogens is 3. The van der Waals surface area contributed by atoms with Crippen LogP contribution in [0.1, 0.15) is 101 Å². The highest BCUT2D eigenvalue weighted by Crippen LogP contribution is 2.55. The molecule has 320 valence electrons. The Morgan fingerprint density at radius 2 is 1.69 bits per heavy atom. The van der Waals surface area contributed by atoms with Crippen molar-refractivity contribution in [2.45, 2.75) is 71.6 Å².